The van der Waals surface area contributed by atoms with Gasteiger partial charge in [0.1, 0.15) is 5.75 Å². The van der Waals surface area contributed by atoms with Crippen LogP contribution in [0.25, 0.3) is 0 Å². The monoisotopic (exact) mass is 485 g/mol. The van der Waals surface area contributed by atoms with Gasteiger partial charge >= 0.3 is 0 Å². The minimum atomic E-state index is -3.60. The zero-order valence-corrected chi connectivity index (χ0v) is 20.9. The van der Waals surface area contributed by atoms with Gasteiger partial charge in [0.25, 0.3) is 5.91 Å². The molecule has 0 aromatic heterocycles. The molecule has 0 saturated carbocycles. The van der Waals surface area contributed by atoms with E-state index in [0.717, 1.165) is 62.1 Å². The zero-order valence-electron chi connectivity index (χ0n) is 20.1. The van der Waals surface area contributed by atoms with Crippen LogP contribution >= 0.6 is 0 Å². The van der Waals surface area contributed by atoms with Crippen LogP contribution in [0.2, 0.25) is 0 Å². The fraction of sp³-hybridized carbons (Fsp3) is 0.500. The molecule has 4 rings (SSSR count). The largest absolute Gasteiger partial charge is 0.497 e. The van der Waals surface area contributed by atoms with Crippen molar-refractivity contribution in [3.8, 4) is 5.75 Å². The predicted octanol–water partition coefficient (Wildman–Crippen LogP) is 3.75. The maximum absolute atomic E-state index is 13.2. The van der Waals surface area contributed by atoms with Gasteiger partial charge < -0.3 is 10.1 Å². The van der Waals surface area contributed by atoms with Crippen molar-refractivity contribution in [1.82, 2.24) is 14.5 Å². The van der Waals surface area contributed by atoms with Crippen molar-refractivity contribution in [3.63, 3.8) is 0 Å². The van der Waals surface area contributed by atoms with Gasteiger partial charge in [0.05, 0.1) is 18.0 Å². The molecule has 0 aliphatic carbocycles. The first-order valence-corrected chi connectivity index (χ1v) is 13.6. The summed E-state index contributed by atoms with van der Waals surface area (Å²) >= 11 is 0. The summed E-state index contributed by atoms with van der Waals surface area (Å²) in [5, 5.41) is 3.08. The number of nitrogens with one attached hydrogen (secondary N) is 1. The Morgan fingerprint density at radius 1 is 0.971 bits per heavy atom. The van der Waals surface area contributed by atoms with E-state index in [1.807, 2.05) is 31.2 Å². The number of methoxy groups -OCH3 is 1. The molecule has 0 bridgehead atoms. The van der Waals surface area contributed by atoms with Gasteiger partial charge in [0.15, 0.2) is 0 Å². The van der Waals surface area contributed by atoms with Crippen molar-refractivity contribution >= 4 is 15.9 Å². The van der Waals surface area contributed by atoms with Gasteiger partial charge in [-0.2, -0.15) is 4.31 Å². The molecule has 2 heterocycles. The van der Waals surface area contributed by atoms with Gasteiger partial charge in [-0.1, -0.05) is 24.6 Å². The number of carbonyl (C=O) groups is 1. The lowest BCUT2D eigenvalue weighted by molar-refractivity contribution is 0.0937. The minimum Gasteiger partial charge on any atom is -0.497 e. The summed E-state index contributed by atoms with van der Waals surface area (Å²) in [4.78, 5) is 15.8. The molecular formula is C26H35N3O4S. The van der Waals surface area contributed by atoms with E-state index in [2.05, 4.69) is 10.2 Å². The Morgan fingerprint density at radius 3 is 2.26 bits per heavy atom. The van der Waals surface area contributed by atoms with Crippen LogP contribution in [0.4, 0.5) is 0 Å². The summed E-state index contributed by atoms with van der Waals surface area (Å²) in [6.45, 7) is 5.36. The van der Waals surface area contributed by atoms with Crippen LogP contribution < -0.4 is 10.1 Å². The van der Waals surface area contributed by atoms with Gasteiger partial charge in [0, 0.05) is 25.2 Å². The second kappa shape index (κ2) is 10.9. The van der Waals surface area contributed by atoms with E-state index in [-0.39, 0.29) is 16.8 Å². The second-order valence-corrected chi connectivity index (χ2v) is 11.1. The van der Waals surface area contributed by atoms with Crippen molar-refractivity contribution < 1.29 is 17.9 Å². The fourth-order valence-corrected chi connectivity index (χ4v) is 6.43. The second-order valence-electron chi connectivity index (χ2n) is 9.18. The number of amides is 1. The van der Waals surface area contributed by atoms with E-state index >= 15 is 0 Å². The van der Waals surface area contributed by atoms with E-state index in [1.54, 1.807) is 19.2 Å². The number of ether oxygens (including phenoxy) is 1. The predicted molar refractivity (Wildman–Crippen MR) is 133 cm³/mol. The molecule has 0 unspecified atom stereocenters. The van der Waals surface area contributed by atoms with Crippen LogP contribution in [-0.4, -0.2) is 63.4 Å². The number of carbonyl (C=O) groups excluding carboxylic acids is 1. The van der Waals surface area contributed by atoms with Crippen LogP contribution in [0.1, 0.15) is 59.6 Å². The van der Waals surface area contributed by atoms with Gasteiger partial charge in [-0.15, -0.1) is 0 Å². The third-order valence-corrected chi connectivity index (χ3v) is 8.84. The van der Waals surface area contributed by atoms with Gasteiger partial charge in [0.2, 0.25) is 10.0 Å². The standard InChI is InChI=1S/C26H35N3O4S/c1-20-8-13-23(34(31,32)29-16-4-3-5-17-29)18-24(20)26(30)27-19-25(28-14-6-7-15-28)21-9-11-22(33-2)12-10-21/h8-13,18,25H,3-7,14-17,19H2,1-2H3,(H,27,30)/t25-/m1/s1. The molecule has 2 fully saturated rings. The van der Waals surface area contributed by atoms with E-state index in [1.165, 1.54) is 10.4 Å². The topological polar surface area (TPSA) is 78.9 Å². The molecule has 1 amide bonds. The third kappa shape index (κ3) is 5.45. The van der Waals surface area contributed by atoms with E-state index < -0.39 is 10.0 Å². The van der Waals surface area contributed by atoms with Gasteiger partial charge in [-0.05, 0) is 81.1 Å². The van der Waals surface area contributed by atoms with Crippen molar-refractivity contribution in [2.24, 2.45) is 0 Å². The number of aryl methyl sites for hydroxylation is 1. The van der Waals surface area contributed by atoms with Crippen molar-refractivity contribution in [1.29, 1.82) is 0 Å². The average molecular weight is 486 g/mol. The first-order chi connectivity index (χ1) is 16.4. The molecule has 8 heteroatoms. The number of piperidine rings is 1. The quantitative estimate of drug-likeness (QED) is 0.616. The first-order valence-electron chi connectivity index (χ1n) is 12.2. The average Bonchev–Trinajstić information content (AvgIpc) is 3.40. The van der Waals surface area contributed by atoms with Crippen molar-refractivity contribution in [2.75, 3.05) is 39.8 Å². The Labute approximate surface area is 203 Å². The third-order valence-electron chi connectivity index (χ3n) is 6.94. The Kier molecular flexibility index (Phi) is 7.91. The Bertz CT molecular complexity index is 1090. The lowest BCUT2D eigenvalue weighted by Gasteiger charge is -2.28. The highest BCUT2D eigenvalue weighted by molar-refractivity contribution is 7.89. The van der Waals surface area contributed by atoms with Crippen LogP contribution in [0.5, 0.6) is 5.75 Å². The number of sulfonamides is 1. The maximum atomic E-state index is 13.2. The zero-order chi connectivity index (χ0) is 24.1. The van der Waals surface area contributed by atoms with E-state index in [0.29, 0.717) is 25.2 Å². The number of hydrogen-bond acceptors (Lipinski definition) is 5. The highest BCUT2D eigenvalue weighted by atomic mass is 32.2. The molecular weight excluding hydrogens is 450 g/mol. The molecule has 2 aliphatic rings. The maximum Gasteiger partial charge on any atom is 0.251 e. The van der Waals surface area contributed by atoms with Crippen LogP contribution in [0.15, 0.2) is 47.4 Å². The Morgan fingerprint density at radius 2 is 1.62 bits per heavy atom. The fourth-order valence-electron chi connectivity index (χ4n) is 4.88. The molecule has 1 atom stereocenters. The van der Waals surface area contributed by atoms with Gasteiger partial charge in [-0.25, -0.2) is 8.42 Å². The number of nitrogens with zero attached hydrogens (tertiary/aromatic N) is 2. The number of benzene rings is 2. The molecule has 2 aromatic rings. The van der Waals surface area contributed by atoms with Crippen molar-refractivity contribution in [2.45, 2.75) is 50.0 Å². The highest BCUT2D eigenvalue weighted by Crippen LogP contribution is 2.27. The lowest BCUT2D eigenvalue weighted by atomic mass is 10.0. The number of rotatable bonds is 8. The number of likely N-dealkylation sites (tertiary alicyclic amines) is 1. The minimum absolute atomic E-state index is 0.0536. The Hall–Kier alpha value is -2.42. The summed E-state index contributed by atoms with van der Waals surface area (Å²) < 4.78 is 33.1. The Balaban J connectivity index is 1.52. The SMILES string of the molecule is COc1ccc([C@@H](CNC(=O)c2cc(S(=O)(=O)N3CCCCC3)ccc2C)N2CCCC2)cc1. The van der Waals surface area contributed by atoms with Crippen LogP contribution in [0.3, 0.4) is 0 Å². The van der Waals surface area contributed by atoms with E-state index in [4.69, 9.17) is 4.74 Å². The van der Waals surface area contributed by atoms with E-state index in [9.17, 15) is 13.2 Å². The number of hydrogen-bond donors (Lipinski definition) is 1. The first kappa shape index (κ1) is 24.7. The molecule has 2 saturated heterocycles. The highest BCUT2D eigenvalue weighted by Gasteiger charge is 2.28. The van der Waals surface area contributed by atoms with Crippen LogP contribution in [-0.2, 0) is 10.0 Å². The normalized spacial score (nSPS) is 18.5. The summed E-state index contributed by atoms with van der Waals surface area (Å²) in [6.07, 6.45) is 5.11. The lowest BCUT2D eigenvalue weighted by Crippen LogP contribution is -2.37. The molecule has 34 heavy (non-hydrogen) atoms. The molecule has 2 aromatic carbocycles. The molecule has 2 aliphatic heterocycles. The van der Waals surface area contributed by atoms with Crippen molar-refractivity contribution in [3.05, 3.63) is 59.2 Å². The summed E-state index contributed by atoms with van der Waals surface area (Å²) in [6, 6.07) is 12.9. The summed E-state index contributed by atoms with van der Waals surface area (Å²) in [7, 11) is -1.95. The molecule has 0 radical (unpaired) electrons. The molecule has 7 nitrogen and oxygen atoms in total. The molecule has 184 valence electrons. The van der Waals surface area contributed by atoms with Gasteiger partial charge in [-0.3, -0.25) is 9.69 Å². The van der Waals surface area contributed by atoms with Crippen LogP contribution in [0, 0.1) is 6.92 Å². The molecule has 1 N–H and O–H groups in total. The molecule has 0 spiro atoms. The summed E-state index contributed by atoms with van der Waals surface area (Å²) in [5.41, 5.74) is 2.30. The summed E-state index contributed by atoms with van der Waals surface area (Å²) in [5.74, 6) is 0.557. The smallest absolute Gasteiger partial charge is 0.251 e.